The highest BCUT2D eigenvalue weighted by atomic mass is 19.1. The van der Waals surface area contributed by atoms with Gasteiger partial charge in [-0.3, -0.25) is 9.36 Å². The molecule has 1 saturated heterocycles. The van der Waals surface area contributed by atoms with E-state index in [4.69, 9.17) is 10.00 Å². The first kappa shape index (κ1) is 21.7. The van der Waals surface area contributed by atoms with Crippen molar-refractivity contribution in [3.63, 3.8) is 0 Å². The Labute approximate surface area is 183 Å². The fourth-order valence-corrected chi connectivity index (χ4v) is 3.21. The molecule has 1 atom stereocenters. The van der Waals surface area contributed by atoms with Crippen LogP contribution in [0, 0.1) is 11.3 Å². The van der Waals surface area contributed by atoms with Crippen molar-refractivity contribution in [2.24, 2.45) is 0 Å². The van der Waals surface area contributed by atoms with Crippen LogP contribution in [0.25, 0.3) is 16.9 Å². The molecule has 32 heavy (non-hydrogen) atoms. The van der Waals surface area contributed by atoms with E-state index in [0.29, 0.717) is 35.9 Å². The molecule has 4 rings (SSSR count). The van der Waals surface area contributed by atoms with Crippen molar-refractivity contribution in [1.29, 1.82) is 5.26 Å². The second-order valence-electron chi connectivity index (χ2n) is 8.23. The Morgan fingerprint density at radius 2 is 2.19 bits per heavy atom. The lowest BCUT2D eigenvalue weighted by atomic mass is 10.0. The highest BCUT2D eigenvalue weighted by Crippen LogP contribution is 2.24. The zero-order valence-electron chi connectivity index (χ0n) is 17.7. The molecule has 0 aromatic carbocycles. The number of pyridine rings is 2. The number of aliphatic hydroxyl groups is 1. The minimum Gasteiger partial charge on any atom is -0.387 e. The van der Waals surface area contributed by atoms with Gasteiger partial charge in [0.25, 0.3) is 5.91 Å². The zero-order valence-corrected chi connectivity index (χ0v) is 17.7. The maximum Gasteiger partial charge on any atom is 0.255 e. The molecule has 4 heterocycles. The second-order valence-corrected chi connectivity index (χ2v) is 8.23. The Balaban J connectivity index is 1.64. The average Bonchev–Trinajstić information content (AvgIpc) is 3.16. The van der Waals surface area contributed by atoms with Gasteiger partial charge < -0.3 is 20.5 Å². The van der Waals surface area contributed by atoms with Gasteiger partial charge in [-0.2, -0.15) is 5.26 Å². The van der Waals surface area contributed by atoms with Crippen molar-refractivity contribution in [2.75, 3.05) is 25.1 Å². The van der Waals surface area contributed by atoms with Crippen LogP contribution < -0.4 is 10.6 Å². The van der Waals surface area contributed by atoms with E-state index in [0.717, 1.165) is 5.39 Å². The van der Waals surface area contributed by atoms with Gasteiger partial charge in [0.05, 0.1) is 48.2 Å². The largest absolute Gasteiger partial charge is 0.387 e. The van der Waals surface area contributed by atoms with E-state index >= 15 is 0 Å². The average molecular weight is 438 g/mol. The first-order chi connectivity index (χ1) is 15.3. The molecule has 3 aromatic heterocycles. The van der Waals surface area contributed by atoms with Gasteiger partial charge >= 0.3 is 0 Å². The molecule has 0 aliphatic carbocycles. The van der Waals surface area contributed by atoms with Crippen LogP contribution in [-0.2, 0) is 4.74 Å². The molecule has 1 amide bonds. The number of hydrogen-bond donors (Lipinski definition) is 3. The molecule has 10 heteroatoms. The molecule has 1 aliphatic heterocycles. The molecule has 1 fully saturated rings. The highest BCUT2D eigenvalue weighted by molar-refractivity contribution is 5.99. The lowest BCUT2D eigenvalue weighted by molar-refractivity contribution is -0.00178. The van der Waals surface area contributed by atoms with Crippen molar-refractivity contribution in [3.05, 3.63) is 47.9 Å². The number of alkyl halides is 1. The van der Waals surface area contributed by atoms with Crippen LogP contribution in [-0.4, -0.2) is 63.1 Å². The number of carbonyl (C=O) groups is 1. The summed E-state index contributed by atoms with van der Waals surface area (Å²) in [4.78, 5) is 21.5. The van der Waals surface area contributed by atoms with Gasteiger partial charge in [-0.05, 0) is 26.0 Å². The Morgan fingerprint density at radius 1 is 1.41 bits per heavy atom. The lowest BCUT2D eigenvalue weighted by Gasteiger charge is -2.29. The number of anilines is 1. The van der Waals surface area contributed by atoms with Crippen LogP contribution in [0.5, 0.6) is 0 Å². The van der Waals surface area contributed by atoms with Crippen LogP contribution in [0.15, 0.2) is 36.8 Å². The smallest absolute Gasteiger partial charge is 0.255 e. The van der Waals surface area contributed by atoms with Crippen LogP contribution in [0.4, 0.5) is 10.1 Å². The number of aromatic nitrogens is 3. The molecule has 0 saturated carbocycles. The second kappa shape index (κ2) is 8.53. The van der Waals surface area contributed by atoms with Crippen molar-refractivity contribution < 1.29 is 19.0 Å². The molecule has 0 radical (unpaired) electrons. The molecular formula is C22H23FN6O3. The molecule has 0 bridgehead atoms. The standard InChI is InChI=1S/C22H23FN6O3/c1-22(2,31)18(23)10-27-21(30)16-9-25-19(6-17(16)28-15-11-32-12-15)29-4-3-14-5-13(7-24)8-26-20(14)29/h3-6,8-9,15,18,31H,10-12H2,1-2H3,(H,25,28)(H,27,30). The molecule has 9 nitrogen and oxygen atoms in total. The minimum absolute atomic E-state index is 0.0415. The molecule has 0 spiro atoms. The summed E-state index contributed by atoms with van der Waals surface area (Å²) >= 11 is 0. The Hall–Kier alpha value is -3.55. The molecule has 166 valence electrons. The number of rotatable bonds is 7. The molecule has 3 N–H and O–H groups in total. The van der Waals surface area contributed by atoms with E-state index in [1.54, 1.807) is 22.9 Å². The van der Waals surface area contributed by atoms with E-state index in [-0.39, 0.29) is 18.2 Å². The van der Waals surface area contributed by atoms with Crippen molar-refractivity contribution in [3.8, 4) is 11.9 Å². The SMILES string of the molecule is CC(C)(O)C(F)CNC(=O)c1cnc(-n2ccc3cc(C#N)cnc32)cc1NC1COC1. The minimum atomic E-state index is -1.62. The Bertz CT molecular complexity index is 1190. The van der Waals surface area contributed by atoms with E-state index in [2.05, 4.69) is 26.7 Å². The summed E-state index contributed by atoms with van der Waals surface area (Å²) in [6.07, 6.45) is 3.07. The molecular weight excluding hydrogens is 415 g/mol. The number of ether oxygens (including phenoxy) is 1. The fraction of sp³-hybridized carbons (Fsp3) is 0.364. The van der Waals surface area contributed by atoms with Crippen LogP contribution in [0.2, 0.25) is 0 Å². The van der Waals surface area contributed by atoms with Crippen molar-refractivity contribution in [1.82, 2.24) is 19.9 Å². The van der Waals surface area contributed by atoms with Crippen molar-refractivity contribution in [2.45, 2.75) is 31.7 Å². The first-order valence-electron chi connectivity index (χ1n) is 10.1. The van der Waals surface area contributed by atoms with Gasteiger partial charge in [-0.15, -0.1) is 0 Å². The maximum absolute atomic E-state index is 14.1. The summed E-state index contributed by atoms with van der Waals surface area (Å²) in [5, 5.41) is 25.4. The Kier molecular flexibility index (Phi) is 5.78. The van der Waals surface area contributed by atoms with Gasteiger partial charge in [0.1, 0.15) is 23.7 Å². The molecule has 1 unspecified atom stereocenters. The lowest BCUT2D eigenvalue weighted by Crippen LogP contribution is -2.43. The predicted molar refractivity (Wildman–Crippen MR) is 115 cm³/mol. The van der Waals surface area contributed by atoms with E-state index in [1.807, 2.05) is 6.07 Å². The molecule has 1 aliphatic rings. The summed E-state index contributed by atoms with van der Waals surface area (Å²) in [5.41, 5.74) is 0.291. The number of halogens is 1. The topological polar surface area (TPSA) is 125 Å². The summed E-state index contributed by atoms with van der Waals surface area (Å²) in [7, 11) is 0. The number of nitrogens with zero attached hydrogens (tertiary/aromatic N) is 4. The molecule has 3 aromatic rings. The third kappa shape index (κ3) is 4.39. The van der Waals surface area contributed by atoms with E-state index in [9.17, 15) is 14.3 Å². The highest BCUT2D eigenvalue weighted by Gasteiger charge is 2.28. The number of fused-ring (bicyclic) bond motifs is 1. The van der Waals surface area contributed by atoms with Gasteiger partial charge in [0, 0.05) is 30.0 Å². The summed E-state index contributed by atoms with van der Waals surface area (Å²) in [6, 6.07) is 7.39. The van der Waals surface area contributed by atoms with Gasteiger partial charge in [-0.25, -0.2) is 14.4 Å². The number of amides is 1. The first-order valence-corrected chi connectivity index (χ1v) is 10.1. The summed E-state index contributed by atoms with van der Waals surface area (Å²) < 4.78 is 21.0. The van der Waals surface area contributed by atoms with Gasteiger partial charge in [0.2, 0.25) is 0 Å². The van der Waals surface area contributed by atoms with E-state index < -0.39 is 17.7 Å². The monoisotopic (exact) mass is 438 g/mol. The normalized spacial score (nSPS) is 15.1. The van der Waals surface area contributed by atoms with Crippen molar-refractivity contribution >= 4 is 22.6 Å². The van der Waals surface area contributed by atoms with Gasteiger partial charge in [-0.1, -0.05) is 0 Å². The number of nitriles is 1. The third-order valence-corrected chi connectivity index (χ3v) is 5.24. The number of hydrogen-bond acceptors (Lipinski definition) is 7. The van der Waals surface area contributed by atoms with Crippen LogP contribution in [0.3, 0.4) is 0 Å². The number of carbonyl (C=O) groups excluding carboxylic acids is 1. The number of nitrogens with one attached hydrogen (secondary N) is 2. The quantitative estimate of drug-likeness (QED) is 0.515. The third-order valence-electron chi connectivity index (χ3n) is 5.24. The zero-order chi connectivity index (χ0) is 22.9. The predicted octanol–water partition coefficient (Wildman–Crippen LogP) is 1.94. The van der Waals surface area contributed by atoms with Crippen LogP contribution >= 0.6 is 0 Å². The van der Waals surface area contributed by atoms with Gasteiger partial charge in [0.15, 0.2) is 0 Å². The summed E-state index contributed by atoms with van der Waals surface area (Å²) in [5.74, 6) is 0.0178. The summed E-state index contributed by atoms with van der Waals surface area (Å²) in [6.45, 7) is 3.38. The van der Waals surface area contributed by atoms with E-state index in [1.165, 1.54) is 26.2 Å². The fourth-order valence-electron chi connectivity index (χ4n) is 3.21. The Morgan fingerprint density at radius 3 is 2.84 bits per heavy atom. The van der Waals surface area contributed by atoms with Crippen LogP contribution in [0.1, 0.15) is 29.8 Å². The maximum atomic E-state index is 14.1.